The summed E-state index contributed by atoms with van der Waals surface area (Å²) >= 11 is 7.97. The number of nitrogens with one attached hydrogen (secondary N) is 12. The minimum Gasteiger partial charge on any atom is -0.508 e. The molecule has 0 bridgehead atoms. The zero-order valence-corrected chi connectivity index (χ0v) is 57.4. The lowest BCUT2D eigenvalue weighted by Gasteiger charge is -2.28. The largest absolute Gasteiger partial charge is 0.508 e. The Bertz CT molecular complexity index is 3090. The number of carboxylic acids is 1. The quantitative estimate of drug-likeness (QED) is 0.0125. The molecule has 564 valence electrons. The van der Waals surface area contributed by atoms with E-state index in [4.69, 9.17) is 45.9 Å². The molecule has 1 aromatic carbocycles. The number of rotatable bonds is 50. The van der Waals surface area contributed by atoms with Gasteiger partial charge in [-0.1, -0.05) is 32.4 Å². The minimum absolute atomic E-state index is 0.0164. The summed E-state index contributed by atoms with van der Waals surface area (Å²) < 4.78 is 0. The molecule has 0 spiro atoms. The van der Waals surface area contributed by atoms with Crippen molar-refractivity contribution in [2.24, 2.45) is 56.8 Å². The Labute approximate surface area is 590 Å². The van der Waals surface area contributed by atoms with Gasteiger partial charge in [0.25, 0.3) is 0 Å². The monoisotopic (exact) mass is 1470 g/mol. The third-order valence-corrected chi connectivity index (χ3v) is 15.4. The van der Waals surface area contributed by atoms with E-state index in [1.807, 2.05) is 0 Å². The van der Waals surface area contributed by atoms with Crippen molar-refractivity contribution in [2.45, 2.75) is 164 Å². The Kier molecular flexibility index (Phi) is 41.4. The van der Waals surface area contributed by atoms with Crippen LogP contribution in [0.2, 0.25) is 0 Å². The second kappa shape index (κ2) is 47.0. The average molecular weight is 1470 g/mol. The van der Waals surface area contributed by atoms with E-state index in [0.29, 0.717) is 18.4 Å². The summed E-state index contributed by atoms with van der Waals surface area (Å²) in [5, 5.41) is 57.2. The number of phenols is 1. The van der Waals surface area contributed by atoms with E-state index in [1.165, 1.54) is 31.2 Å². The van der Waals surface area contributed by atoms with Gasteiger partial charge < -0.3 is 125 Å². The highest BCUT2D eigenvalue weighted by Gasteiger charge is 2.37. The maximum Gasteiger partial charge on any atom is 0.327 e. The number of aliphatic hydroxyl groups excluding tert-OH is 1. The number of phenolic OH excluding ortho intramolecular Hbond substituents is 1. The first kappa shape index (κ1) is 88.9. The number of benzene rings is 1. The average Bonchev–Trinajstić information content (AvgIpc) is 0.882. The number of carbonyl (C=O) groups excluding carboxylic acids is 16. The molecule has 12 atom stereocenters. The highest BCUT2D eigenvalue weighted by molar-refractivity contribution is 7.80. The van der Waals surface area contributed by atoms with E-state index in [2.05, 4.69) is 94.1 Å². The summed E-state index contributed by atoms with van der Waals surface area (Å²) in [6.07, 6.45) is -2.79. The van der Waals surface area contributed by atoms with Gasteiger partial charge >= 0.3 is 5.97 Å². The van der Waals surface area contributed by atoms with Crippen molar-refractivity contribution in [1.29, 1.82) is 0 Å². The standard InChI is InChI=1S/C58H95N21O20S2/c1-3-27(2)46(56(97)77-36(21-43(64)85)53(94)78-39(26-101)57(98)99)79-55(96)38(25-100)71-45(87)23-69-49(90)35(20-42(63)84)76-52(93)33(14-16-41(62)83)74-54(95)37(24-80)70-44(86)22-68-48(89)34(19-28-9-11-29(81)12-10-28)75-51(92)32(8-6-18-67-58(65)66)73-50(91)31(7-4-5-17-59)72-47(88)30(60)13-15-40(61)82/h9-12,27,30-39,46,80-81,100-101H,3-8,13-26,59-60H2,1-2H3,(H2,61,82)(H2,62,83)(H2,63,84)(H2,64,85)(H,68,89)(H,69,90)(H,70,86)(H,71,87)(H,72,88)(H,73,91)(H,74,95)(H,75,92)(H,76,93)(H,77,97)(H,78,94)(H,79,96)(H,98,99)(H4,65,66,67)/t27-,30-,31-,32-,33-,34-,35-,36-,37-,38-,39-,46-/m0/s1. The van der Waals surface area contributed by atoms with Crippen molar-refractivity contribution in [1.82, 2.24) is 63.8 Å². The first-order chi connectivity index (χ1) is 47.5. The molecule has 41 nitrogen and oxygen atoms in total. The second-order valence-corrected chi connectivity index (χ2v) is 23.7. The molecule has 0 unspecified atom stereocenters. The number of unbranched alkanes of at least 4 members (excludes halogenated alkanes) is 1. The Morgan fingerprint density at radius 1 is 0.475 bits per heavy atom. The fourth-order valence-corrected chi connectivity index (χ4v) is 9.42. The van der Waals surface area contributed by atoms with Crippen molar-refractivity contribution in [2.75, 3.05) is 44.3 Å². The summed E-state index contributed by atoms with van der Waals surface area (Å²) in [6, 6.07) is -12.2. The Hall–Kier alpha value is -10.1. The lowest BCUT2D eigenvalue weighted by molar-refractivity contribution is -0.142. The summed E-state index contributed by atoms with van der Waals surface area (Å²) in [6.45, 7) is 0.236. The normalized spacial score (nSPS) is 14.4. The van der Waals surface area contributed by atoms with E-state index in [-0.39, 0.29) is 75.5 Å². The van der Waals surface area contributed by atoms with Crippen molar-refractivity contribution < 1.29 is 96.8 Å². The van der Waals surface area contributed by atoms with Crippen LogP contribution in [-0.2, 0) is 87.9 Å². The van der Waals surface area contributed by atoms with E-state index in [0.717, 1.165) is 0 Å². The minimum atomic E-state index is -1.93. The molecule has 0 saturated carbocycles. The lowest BCUT2D eigenvalue weighted by Crippen LogP contribution is -2.60. The number of aliphatic hydroxyl groups is 1. The number of carbonyl (C=O) groups is 17. The van der Waals surface area contributed by atoms with Crippen LogP contribution in [0, 0.1) is 5.92 Å². The van der Waals surface area contributed by atoms with Crippen LogP contribution in [0.1, 0.15) is 96.5 Å². The molecule has 16 amide bonds. The van der Waals surface area contributed by atoms with Gasteiger partial charge in [0.1, 0.15) is 66.2 Å². The molecule has 0 aliphatic heterocycles. The highest BCUT2D eigenvalue weighted by Crippen LogP contribution is 2.14. The van der Waals surface area contributed by atoms with Gasteiger partial charge in [0.05, 0.1) is 38.6 Å². The number of aliphatic carboxylic acids is 1. The maximum atomic E-state index is 14.2. The van der Waals surface area contributed by atoms with Crippen LogP contribution in [0.25, 0.3) is 0 Å². The van der Waals surface area contributed by atoms with E-state index in [9.17, 15) is 96.8 Å². The van der Waals surface area contributed by atoms with Crippen LogP contribution in [0.15, 0.2) is 29.3 Å². The molecular formula is C58H95N21O20S2. The number of carboxylic acid groups (broad SMARTS) is 1. The van der Waals surface area contributed by atoms with Crippen LogP contribution >= 0.6 is 25.3 Å². The van der Waals surface area contributed by atoms with Crippen LogP contribution in [0.5, 0.6) is 5.75 Å². The van der Waals surface area contributed by atoms with Crippen molar-refractivity contribution in [3.8, 4) is 5.75 Å². The van der Waals surface area contributed by atoms with Gasteiger partial charge in [-0.25, -0.2) is 4.79 Å². The molecule has 0 fully saturated rings. The third-order valence-electron chi connectivity index (χ3n) is 14.7. The second-order valence-electron chi connectivity index (χ2n) is 22.9. The molecule has 101 heavy (non-hydrogen) atoms. The van der Waals surface area contributed by atoms with Crippen LogP contribution < -0.4 is 110 Å². The molecule has 0 aromatic heterocycles. The number of thiol groups is 2. The van der Waals surface area contributed by atoms with E-state index in [1.54, 1.807) is 6.92 Å². The Balaban J connectivity index is 3.37. The van der Waals surface area contributed by atoms with Gasteiger partial charge in [0.15, 0.2) is 5.96 Å². The molecule has 0 aliphatic carbocycles. The van der Waals surface area contributed by atoms with E-state index >= 15 is 0 Å². The molecule has 0 saturated heterocycles. The van der Waals surface area contributed by atoms with Gasteiger partial charge in [-0.3, -0.25) is 81.7 Å². The molecule has 1 aromatic rings. The molecular weight excluding hydrogens is 1370 g/mol. The van der Waals surface area contributed by atoms with Crippen LogP contribution in [0.3, 0.4) is 0 Å². The number of hydrogen-bond donors (Lipinski definition) is 25. The Morgan fingerprint density at radius 2 is 0.891 bits per heavy atom. The molecule has 43 heteroatoms. The van der Waals surface area contributed by atoms with Gasteiger partial charge in [-0.05, 0) is 75.1 Å². The van der Waals surface area contributed by atoms with Gasteiger partial charge in [-0.2, -0.15) is 25.3 Å². The predicted molar refractivity (Wildman–Crippen MR) is 364 cm³/mol. The zero-order chi connectivity index (χ0) is 76.6. The number of amides is 16. The van der Waals surface area contributed by atoms with Crippen LogP contribution in [0.4, 0.5) is 0 Å². The first-order valence-electron chi connectivity index (χ1n) is 31.6. The van der Waals surface area contributed by atoms with Crippen molar-refractivity contribution in [3.05, 3.63) is 29.8 Å². The van der Waals surface area contributed by atoms with Gasteiger partial charge in [-0.15, -0.1) is 0 Å². The summed E-state index contributed by atoms with van der Waals surface area (Å²) in [7, 11) is 0. The summed E-state index contributed by atoms with van der Waals surface area (Å²) in [5.41, 5.74) is 44.1. The lowest BCUT2D eigenvalue weighted by atomic mass is 9.97. The number of primary amides is 4. The number of guanidine groups is 1. The SMILES string of the molecule is CC[C@H](C)[C@H](NC(=O)[C@H](CS)NC(=O)CNC(=O)[C@H](CC(N)=O)NC(=O)[C@H](CCC(N)=O)NC(=O)[C@H](CO)NC(=O)CNC(=O)[C@H](Cc1ccc(O)cc1)NC(=O)[C@H](CCCN=C(N)N)NC(=O)[C@H](CCCCN)NC(=O)[C@@H](N)CCC(N)=O)C(=O)N[C@@H](CC(N)=O)C(=O)N[C@@H](CS)C(=O)O. The fourth-order valence-electron chi connectivity index (χ4n) is 8.92. The number of hydrogen-bond acceptors (Lipinski definition) is 24. The number of aromatic hydroxyl groups is 1. The molecule has 0 heterocycles. The molecule has 31 N–H and O–H groups in total. The predicted octanol–water partition coefficient (Wildman–Crippen LogP) is -11.2. The molecule has 1 rings (SSSR count). The summed E-state index contributed by atoms with van der Waals surface area (Å²) in [4.78, 5) is 226. The van der Waals surface area contributed by atoms with Crippen molar-refractivity contribution >= 4 is 132 Å². The first-order valence-corrected chi connectivity index (χ1v) is 32.8. The third kappa shape index (κ3) is 35.5. The summed E-state index contributed by atoms with van der Waals surface area (Å²) in [5.74, 6) is -20.4. The van der Waals surface area contributed by atoms with Crippen molar-refractivity contribution in [3.63, 3.8) is 0 Å². The van der Waals surface area contributed by atoms with E-state index < -0.39 is 224 Å². The fraction of sp³-hybridized carbons (Fsp3) is 0.586. The zero-order valence-electron chi connectivity index (χ0n) is 55.6. The maximum absolute atomic E-state index is 14.2. The molecule has 0 aliphatic rings. The topological polar surface area (TPSA) is 716 Å². The van der Waals surface area contributed by atoms with Gasteiger partial charge in [0, 0.05) is 37.3 Å². The number of aliphatic imine (C=N–C) groups is 1. The number of nitrogens with two attached hydrogens (primary N) is 8. The Morgan fingerprint density at radius 3 is 1.37 bits per heavy atom. The van der Waals surface area contributed by atoms with Gasteiger partial charge in [0.2, 0.25) is 94.5 Å². The van der Waals surface area contributed by atoms with Crippen LogP contribution in [-0.4, -0.2) is 233 Å². The highest BCUT2D eigenvalue weighted by atomic mass is 32.1. The smallest absolute Gasteiger partial charge is 0.327 e. The number of nitrogens with zero attached hydrogens (tertiary/aromatic N) is 1. The molecule has 0 radical (unpaired) electrons.